The Bertz CT molecular complexity index is 636. The molecule has 0 spiro atoms. The van der Waals surface area contributed by atoms with Gasteiger partial charge in [0.25, 0.3) is 0 Å². The fourth-order valence-corrected chi connectivity index (χ4v) is 2.93. The van der Waals surface area contributed by atoms with Gasteiger partial charge in [-0.15, -0.1) is 0 Å². The molecule has 110 valence electrons. The summed E-state index contributed by atoms with van der Waals surface area (Å²) in [4.78, 5) is 13.2. The predicted molar refractivity (Wildman–Crippen MR) is 87.2 cm³/mol. The summed E-state index contributed by atoms with van der Waals surface area (Å²) in [7, 11) is 0. The number of hydrogen-bond donors (Lipinski definition) is 1. The molecule has 0 atom stereocenters. The van der Waals surface area contributed by atoms with Crippen molar-refractivity contribution in [1.82, 2.24) is 9.97 Å². The van der Waals surface area contributed by atoms with E-state index in [1.807, 2.05) is 0 Å². The second-order valence-electron chi connectivity index (χ2n) is 5.14. The van der Waals surface area contributed by atoms with Gasteiger partial charge < -0.3 is 15.5 Å². The number of fused-ring (bicyclic) bond motifs is 1. The first-order chi connectivity index (χ1) is 10.3. The van der Waals surface area contributed by atoms with E-state index in [0.29, 0.717) is 5.69 Å². The van der Waals surface area contributed by atoms with Gasteiger partial charge in [-0.05, 0) is 31.9 Å². The molecule has 1 aromatic heterocycles. The minimum absolute atomic E-state index is 0.665. The minimum atomic E-state index is 0.665. The van der Waals surface area contributed by atoms with Crippen molar-refractivity contribution >= 4 is 23.0 Å². The van der Waals surface area contributed by atoms with Gasteiger partial charge in [-0.3, -0.25) is 0 Å². The molecule has 5 nitrogen and oxygen atoms in total. The van der Waals surface area contributed by atoms with Gasteiger partial charge in [-0.1, -0.05) is 18.2 Å². The topological polar surface area (TPSA) is 58.3 Å². The number of nitrogens with two attached hydrogens (primary N) is 1. The molecule has 5 heteroatoms. The number of nitrogens with zero attached hydrogens (tertiary/aromatic N) is 4. The van der Waals surface area contributed by atoms with Gasteiger partial charge in [0, 0.05) is 25.3 Å². The molecule has 2 aromatic rings. The average molecular weight is 283 g/mol. The van der Waals surface area contributed by atoms with Crippen molar-refractivity contribution in [2.45, 2.75) is 20.3 Å². The predicted octanol–water partition coefficient (Wildman–Crippen LogP) is 2.60. The van der Waals surface area contributed by atoms with E-state index < -0.39 is 0 Å². The molecule has 1 aliphatic rings. The minimum Gasteiger partial charge on any atom is -0.393 e. The number of aromatic nitrogens is 2. The molecule has 1 aliphatic heterocycles. The van der Waals surface area contributed by atoms with Crippen LogP contribution in [-0.4, -0.2) is 29.6 Å². The van der Waals surface area contributed by atoms with Gasteiger partial charge in [0.2, 0.25) is 0 Å². The lowest BCUT2D eigenvalue weighted by Crippen LogP contribution is -2.26. The second kappa shape index (κ2) is 5.60. The lowest BCUT2D eigenvalue weighted by molar-refractivity contribution is 0.841. The van der Waals surface area contributed by atoms with E-state index in [1.165, 1.54) is 11.3 Å². The maximum absolute atomic E-state index is 6.36. The molecule has 2 N–H and O–H groups in total. The van der Waals surface area contributed by atoms with E-state index in [2.05, 4.69) is 57.9 Å². The van der Waals surface area contributed by atoms with Gasteiger partial charge in [-0.2, -0.15) is 0 Å². The Labute approximate surface area is 125 Å². The highest BCUT2D eigenvalue weighted by Crippen LogP contribution is 2.38. The summed E-state index contributed by atoms with van der Waals surface area (Å²) >= 11 is 0. The van der Waals surface area contributed by atoms with Crippen molar-refractivity contribution < 1.29 is 0 Å². The fourth-order valence-electron chi connectivity index (χ4n) is 2.93. The average Bonchev–Trinajstić information content (AvgIpc) is 2.94. The van der Waals surface area contributed by atoms with Crippen LogP contribution in [-0.2, 0) is 6.42 Å². The number of hydrogen-bond acceptors (Lipinski definition) is 5. The van der Waals surface area contributed by atoms with Crippen LogP contribution in [0.25, 0.3) is 0 Å². The highest BCUT2D eigenvalue weighted by atomic mass is 15.3. The monoisotopic (exact) mass is 283 g/mol. The van der Waals surface area contributed by atoms with Gasteiger partial charge in [0.1, 0.15) is 12.0 Å². The van der Waals surface area contributed by atoms with Crippen LogP contribution in [0.1, 0.15) is 19.4 Å². The second-order valence-corrected chi connectivity index (χ2v) is 5.14. The van der Waals surface area contributed by atoms with E-state index in [4.69, 9.17) is 5.73 Å². The Morgan fingerprint density at radius 2 is 1.95 bits per heavy atom. The quantitative estimate of drug-likeness (QED) is 0.934. The van der Waals surface area contributed by atoms with Crippen LogP contribution in [0.4, 0.5) is 23.0 Å². The molecule has 0 radical (unpaired) electrons. The summed E-state index contributed by atoms with van der Waals surface area (Å²) in [6.45, 7) is 6.89. The third-order valence-electron chi connectivity index (χ3n) is 4.05. The Kier molecular flexibility index (Phi) is 3.64. The van der Waals surface area contributed by atoms with Crippen molar-refractivity contribution in [2.75, 3.05) is 35.2 Å². The Hall–Kier alpha value is -2.30. The number of nitrogen functional groups attached to an aromatic ring is 1. The van der Waals surface area contributed by atoms with Crippen LogP contribution in [0.3, 0.4) is 0 Å². The van der Waals surface area contributed by atoms with E-state index in [1.54, 1.807) is 6.33 Å². The van der Waals surface area contributed by atoms with Crippen LogP contribution < -0.4 is 15.5 Å². The number of rotatable bonds is 4. The smallest absolute Gasteiger partial charge is 0.161 e. The van der Waals surface area contributed by atoms with E-state index >= 15 is 0 Å². The first-order valence-electron chi connectivity index (χ1n) is 7.47. The van der Waals surface area contributed by atoms with Gasteiger partial charge >= 0.3 is 0 Å². The molecule has 3 rings (SSSR count). The lowest BCUT2D eigenvalue weighted by atomic mass is 10.2. The Morgan fingerprint density at radius 1 is 1.19 bits per heavy atom. The van der Waals surface area contributed by atoms with Gasteiger partial charge in [-0.25, -0.2) is 9.97 Å². The molecule has 0 amide bonds. The largest absolute Gasteiger partial charge is 0.393 e. The van der Waals surface area contributed by atoms with Crippen molar-refractivity contribution in [3.63, 3.8) is 0 Å². The zero-order valence-electron chi connectivity index (χ0n) is 12.6. The Morgan fingerprint density at radius 3 is 2.71 bits per heavy atom. The zero-order valence-corrected chi connectivity index (χ0v) is 12.6. The SMILES string of the molecule is CCN(CC)c1ncnc(N2CCc3ccccc32)c1N. The Balaban J connectivity index is 2.03. The molecular formula is C16H21N5. The molecule has 0 unspecified atom stereocenters. The van der Waals surface area contributed by atoms with Crippen molar-refractivity contribution in [3.8, 4) is 0 Å². The first-order valence-corrected chi connectivity index (χ1v) is 7.47. The van der Waals surface area contributed by atoms with Crippen molar-refractivity contribution in [2.24, 2.45) is 0 Å². The normalized spacial score (nSPS) is 13.3. The van der Waals surface area contributed by atoms with E-state index in [-0.39, 0.29) is 0 Å². The molecule has 1 aromatic carbocycles. The molecule has 0 aliphatic carbocycles. The first kappa shape index (κ1) is 13.7. The van der Waals surface area contributed by atoms with Gasteiger partial charge in [0.05, 0.1) is 0 Å². The maximum atomic E-state index is 6.36. The number of para-hydroxylation sites is 1. The molecule has 0 saturated carbocycles. The zero-order chi connectivity index (χ0) is 14.8. The molecule has 2 heterocycles. The highest BCUT2D eigenvalue weighted by Gasteiger charge is 2.24. The summed E-state index contributed by atoms with van der Waals surface area (Å²) in [6, 6.07) is 8.42. The third kappa shape index (κ3) is 2.28. The van der Waals surface area contributed by atoms with Crippen LogP contribution in [0.5, 0.6) is 0 Å². The summed E-state index contributed by atoms with van der Waals surface area (Å²) in [5.41, 5.74) is 9.58. The molecule has 0 bridgehead atoms. The summed E-state index contributed by atoms with van der Waals surface area (Å²) in [5.74, 6) is 1.64. The van der Waals surface area contributed by atoms with Crippen LogP contribution in [0.15, 0.2) is 30.6 Å². The van der Waals surface area contributed by atoms with Crippen molar-refractivity contribution in [3.05, 3.63) is 36.2 Å². The number of anilines is 4. The lowest BCUT2D eigenvalue weighted by Gasteiger charge is -2.25. The highest BCUT2D eigenvalue weighted by molar-refractivity contribution is 5.81. The van der Waals surface area contributed by atoms with Gasteiger partial charge in [0.15, 0.2) is 11.6 Å². The van der Waals surface area contributed by atoms with Crippen LogP contribution in [0, 0.1) is 0 Å². The van der Waals surface area contributed by atoms with E-state index in [0.717, 1.165) is 37.7 Å². The standard InChI is InChI=1S/C16H21N5/c1-3-20(4-2)15-14(17)16(19-11-18-15)21-10-9-12-7-5-6-8-13(12)21/h5-8,11H,3-4,9-10,17H2,1-2H3. The number of benzene rings is 1. The van der Waals surface area contributed by atoms with E-state index in [9.17, 15) is 0 Å². The van der Waals surface area contributed by atoms with Crippen LogP contribution >= 0.6 is 0 Å². The molecule has 21 heavy (non-hydrogen) atoms. The van der Waals surface area contributed by atoms with Crippen LogP contribution in [0.2, 0.25) is 0 Å². The third-order valence-corrected chi connectivity index (χ3v) is 4.05. The molecule has 0 saturated heterocycles. The van der Waals surface area contributed by atoms with Crippen molar-refractivity contribution in [1.29, 1.82) is 0 Å². The fraction of sp³-hybridized carbons (Fsp3) is 0.375. The summed E-state index contributed by atoms with van der Waals surface area (Å²) in [5, 5.41) is 0. The summed E-state index contributed by atoms with van der Waals surface area (Å²) < 4.78 is 0. The molecular weight excluding hydrogens is 262 g/mol. The maximum Gasteiger partial charge on any atom is 0.161 e. The molecule has 0 fully saturated rings. The summed E-state index contributed by atoms with van der Waals surface area (Å²) in [6.07, 6.45) is 2.64.